The summed E-state index contributed by atoms with van der Waals surface area (Å²) in [7, 11) is 0.890. The van der Waals surface area contributed by atoms with Gasteiger partial charge >= 0.3 is 5.97 Å². The zero-order valence-corrected chi connectivity index (χ0v) is 15.2. The van der Waals surface area contributed by atoms with E-state index < -0.39 is 5.97 Å². The summed E-state index contributed by atoms with van der Waals surface area (Å²) in [6.45, 7) is 5.26. The molecule has 0 radical (unpaired) electrons. The van der Waals surface area contributed by atoms with Crippen LogP contribution in [-0.2, 0) is 4.43 Å². The summed E-state index contributed by atoms with van der Waals surface area (Å²) in [5.74, 6) is 0.653. The molecule has 4 nitrogen and oxygen atoms in total. The van der Waals surface area contributed by atoms with E-state index in [0.717, 1.165) is 17.1 Å². The van der Waals surface area contributed by atoms with Crippen LogP contribution in [0.25, 0.3) is 0 Å². The Labute approximate surface area is 134 Å². The van der Waals surface area contributed by atoms with Crippen LogP contribution in [0.4, 0.5) is 0 Å². The van der Waals surface area contributed by atoms with Crippen LogP contribution in [0.5, 0.6) is 11.5 Å². The van der Waals surface area contributed by atoms with Crippen molar-refractivity contribution in [3.63, 3.8) is 0 Å². The maximum atomic E-state index is 12.0. The quantitative estimate of drug-likeness (QED) is 0.483. The van der Waals surface area contributed by atoms with Crippen molar-refractivity contribution < 1.29 is 18.7 Å². The lowest BCUT2D eigenvalue weighted by molar-refractivity contribution is 0.0730. The first-order valence-electron chi connectivity index (χ1n) is 7.20. The number of hydrogen-bond donors (Lipinski definition) is 0. The Balaban J connectivity index is 0.000000541. The van der Waals surface area contributed by atoms with Gasteiger partial charge in [0, 0.05) is 6.61 Å². The van der Waals surface area contributed by atoms with Crippen LogP contribution in [0, 0.1) is 0 Å². The molecule has 5 heteroatoms. The molecule has 0 aliphatic rings. The smallest absolute Gasteiger partial charge is 0.347 e. The molecule has 0 aliphatic heterocycles. The van der Waals surface area contributed by atoms with E-state index in [9.17, 15) is 4.79 Å². The number of para-hydroxylation sites is 2. The molecule has 0 bridgehead atoms. The number of esters is 1. The summed E-state index contributed by atoms with van der Waals surface area (Å²) in [6.07, 6.45) is 0. The van der Waals surface area contributed by atoms with Crippen molar-refractivity contribution >= 4 is 16.5 Å². The molecular weight excluding hydrogens is 296 g/mol. The van der Waals surface area contributed by atoms with Crippen molar-refractivity contribution in [1.82, 2.24) is 0 Å². The van der Waals surface area contributed by atoms with Crippen molar-refractivity contribution in [1.29, 1.82) is 0 Å². The summed E-state index contributed by atoms with van der Waals surface area (Å²) >= 11 is 0. The molecule has 2 rings (SSSR count). The summed E-state index contributed by atoms with van der Waals surface area (Å²) in [5.41, 5.74) is 0.434. The Morgan fingerprint density at radius 3 is 2.14 bits per heavy atom. The maximum absolute atomic E-state index is 12.0. The largest absolute Gasteiger partial charge is 0.493 e. The van der Waals surface area contributed by atoms with Crippen LogP contribution in [0.2, 0.25) is 0 Å². The Kier molecular flexibility index (Phi) is 8.63. The zero-order valence-electron chi connectivity index (χ0n) is 13.2. The summed E-state index contributed by atoms with van der Waals surface area (Å²) < 4.78 is 15.3. The minimum Gasteiger partial charge on any atom is -0.493 e. The van der Waals surface area contributed by atoms with E-state index in [1.807, 2.05) is 38.1 Å². The minimum absolute atomic E-state index is 0.412. The molecule has 0 saturated carbocycles. The predicted molar refractivity (Wildman–Crippen MR) is 90.6 cm³/mol. The van der Waals surface area contributed by atoms with E-state index in [1.54, 1.807) is 30.3 Å². The molecule has 0 fully saturated rings. The van der Waals surface area contributed by atoms with Crippen LogP contribution in [0.3, 0.4) is 0 Å². The van der Waals surface area contributed by atoms with E-state index in [-0.39, 0.29) is 0 Å². The fraction of sp³-hybridized carbons (Fsp3) is 0.235. The minimum atomic E-state index is -0.412. The van der Waals surface area contributed by atoms with Gasteiger partial charge in [-0.25, -0.2) is 4.79 Å². The van der Waals surface area contributed by atoms with Crippen LogP contribution < -0.4 is 9.47 Å². The first-order valence-corrected chi connectivity index (χ1v) is 8.02. The molecule has 2 aromatic carbocycles. The van der Waals surface area contributed by atoms with Crippen LogP contribution in [0.1, 0.15) is 24.2 Å². The second-order valence-corrected chi connectivity index (χ2v) is 4.79. The molecule has 0 aliphatic carbocycles. The molecule has 0 saturated heterocycles. The lowest BCUT2D eigenvalue weighted by Gasteiger charge is -2.09. The van der Waals surface area contributed by atoms with Crippen LogP contribution >= 0.6 is 0 Å². The normalized spacial score (nSPS) is 9.55. The molecule has 22 heavy (non-hydrogen) atoms. The molecule has 0 aromatic heterocycles. The fourth-order valence-electron chi connectivity index (χ4n) is 1.57. The molecule has 0 heterocycles. The van der Waals surface area contributed by atoms with Gasteiger partial charge in [0.15, 0.2) is 0 Å². The molecule has 2 aromatic rings. The van der Waals surface area contributed by atoms with Crippen molar-refractivity contribution in [2.45, 2.75) is 13.8 Å². The van der Waals surface area contributed by atoms with Gasteiger partial charge in [0.05, 0.1) is 6.61 Å². The monoisotopic (exact) mass is 318 g/mol. The van der Waals surface area contributed by atoms with Crippen molar-refractivity contribution in [3.05, 3.63) is 60.2 Å². The Bertz CT molecular complexity index is 556. The first kappa shape index (κ1) is 17.9. The third-order valence-electron chi connectivity index (χ3n) is 2.65. The highest BCUT2D eigenvalue weighted by Crippen LogP contribution is 2.20. The molecule has 0 atom stereocenters. The highest BCUT2D eigenvalue weighted by molar-refractivity contribution is 5.97. The SMILES string of the molecule is CCO[SiH3].CCOc1ccccc1C(=O)Oc1ccccc1. The van der Waals surface area contributed by atoms with Crippen molar-refractivity contribution in [2.24, 2.45) is 0 Å². The molecule has 118 valence electrons. The summed E-state index contributed by atoms with van der Waals surface area (Å²) in [6, 6.07) is 16.0. The zero-order chi connectivity index (χ0) is 16.2. The second kappa shape index (κ2) is 10.6. The molecule has 0 spiro atoms. The number of carbonyl (C=O) groups is 1. The standard InChI is InChI=1S/C15H14O3.C2H8OSi/c1-2-17-14-11-7-6-10-13(14)15(16)18-12-8-4-3-5-9-12;1-2-3-4/h3-11H,2H2,1H3;2H2,1,4H3. The lowest BCUT2D eigenvalue weighted by Crippen LogP contribution is -2.10. The number of benzene rings is 2. The Morgan fingerprint density at radius 2 is 1.55 bits per heavy atom. The van der Waals surface area contributed by atoms with E-state index in [4.69, 9.17) is 9.47 Å². The number of rotatable bonds is 5. The Morgan fingerprint density at radius 1 is 0.955 bits per heavy atom. The van der Waals surface area contributed by atoms with Crippen molar-refractivity contribution in [3.8, 4) is 11.5 Å². The Hall–Kier alpha value is -2.11. The van der Waals surface area contributed by atoms with E-state index in [1.165, 1.54) is 0 Å². The molecule has 0 amide bonds. The van der Waals surface area contributed by atoms with Crippen LogP contribution in [0.15, 0.2) is 54.6 Å². The highest BCUT2D eigenvalue weighted by atomic mass is 28.2. The third-order valence-corrected chi connectivity index (χ3v) is 3.23. The fourth-order valence-corrected chi connectivity index (χ4v) is 1.57. The van der Waals surface area contributed by atoms with E-state index in [2.05, 4.69) is 4.43 Å². The van der Waals surface area contributed by atoms with Gasteiger partial charge < -0.3 is 13.9 Å². The van der Waals surface area contributed by atoms with Gasteiger partial charge in [0.25, 0.3) is 0 Å². The van der Waals surface area contributed by atoms with Gasteiger partial charge in [-0.05, 0) is 38.1 Å². The molecular formula is C17H22O4Si. The van der Waals surface area contributed by atoms with E-state index in [0.29, 0.717) is 23.7 Å². The van der Waals surface area contributed by atoms with Crippen molar-refractivity contribution in [2.75, 3.05) is 13.2 Å². The first-order chi connectivity index (χ1) is 10.7. The molecule has 0 unspecified atom stereocenters. The second-order valence-electron chi connectivity index (χ2n) is 4.21. The third kappa shape index (κ3) is 6.11. The topological polar surface area (TPSA) is 44.8 Å². The van der Waals surface area contributed by atoms with Gasteiger partial charge in [-0.2, -0.15) is 0 Å². The predicted octanol–water partition coefficient (Wildman–Crippen LogP) is 2.61. The lowest BCUT2D eigenvalue weighted by atomic mass is 10.2. The number of hydrogen-bond acceptors (Lipinski definition) is 4. The average Bonchev–Trinajstić information content (AvgIpc) is 2.57. The summed E-state index contributed by atoms with van der Waals surface area (Å²) in [5, 5.41) is 0. The van der Waals surface area contributed by atoms with Crippen LogP contribution in [-0.4, -0.2) is 29.7 Å². The molecule has 0 N–H and O–H groups in total. The highest BCUT2D eigenvalue weighted by Gasteiger charge is 2.13. The van der Waals surface area contributed by atoms with E-state index >= 15 is 0 Å². The van der Waals surface area contributed by atoms with Gasteiger partial charge in [0.1, 0.15) is 27.5 Å². The maximum Gasteiger partial charge on any atom is 0.347 e. The van der Waals surface area contributed by atoms with Gasteiger partial charge in [-0.15, -0.1) is 0 Å². The van der Waals surface area contributed by atoms with Gasteiger partial charge in [0.2, 0.25) is 0 Å². The number of carbonyl (C=O) groups excluding carboxylic acids is 1. The number of ether oxygens (including phenoxy) is 2. The summed E-state index contributed by atoms with van der Waals surface area (Å²) in [4.78, 5) is 12.0. The van der Waals surface area contributed by atoms with Gasteiger partial charge in [-0.3, -0.25) is 0 Å². The van der Waals surface area contributed by atoms with Gasteiger partial charge in [-0.1, -0.05) is 30.3 Å². The average molecular weight is 318 g/mol.